The largest absolute Gasteiger partial charge is 0.380 e. The first-order valence-electron chi connectivity index (χ1n) is 8.34. The summed E-state index contributed by atoms with van der Waals surface area (Å²) in [5.41, 5.74) is 1.96. The van der Waals surface area contributed by atoms with E-state index in [4.69, 9.17) is 4.74 Å². The summed E-state index contributed by atoms with van der Waals surface area (Å²) in [6.07, 6.45) is 0. The van der Waals surface area contributed by atoms with Gasteiger partial charge in [0.2, 0.25) is 0 Å². The van der Waals surface area contributed by atoms with Gasteiger partial charge in [-0.15, -0.1) is 0 Å². The van der Waals surface area contributed by atoms with Crippen molar-refractivity contribution in [1.29, 1.82) is 0 Å². The van der Waals surface area contributed by atoms with Crippen molar-refractivity contribution in [1.82, 2.24) is 15.5 Å². The minimum absolute atomic E-state index is 0.0102. The molecule has 132 valence electrons. The summed E-state index contributed by atoms with van der Waals surface area (Å²) in [7, 11) is 3.51. The van der Waals surface area contributed by atoms with Crippen LogP contribution in [0.2, 0.25) is 0 Å². The fourth-order valence-electron chi connectivity index (χ4n) is 2.37. The zero-order chi connectivity index (χ0) is 17.6. The number of guanidine groups is 1. The Balaban J connectivity index is 1.93. The maximum absolute atomic E-state index is 11.9. The van der Waals surface area contributed by atoms with Crippen LogP contribution in [0.15, 0.2) is 29.3 Å². The van der Waals surface area contributed by atoms with Crippen molar-refractivity contribution in [3.8, 4) is 0 Å². The summed E-state index contributed by atoms with van der Waals surface area (Å²) in [5.74, 6) is 0.815. The van der Waals surface area contributed by atoms with Crippen molar-refractivity contribution in [3.05, 3.63) is 35.4 Å². The third-order valence-electron chi connectivity index (χ3n) is 3.95. The fraction of sp³-hybridized carbons (Fsp3) is 0.556. The monoisotopic (exact) mass is 332 g/mol. The molecule has 1 fully saturated rings. The van der Waals surface area contributed by atoms with Gasteiger partial charge in [0.25, 0.3) is 5.91 Å². The lowest BCUT2D eigenvalue weighted by atomic mass is 9.89. The van der Waals surface area contributed by atoms with Gasteiger partial charge in [0, 0.05) is 38.2 Å². The van der Waals surface area contributed by atoms with Gasteiger partial charge in [-0.3, -0.25) is 4.79 Å². The van der Waals surface area contributed by atoms with E-state index in [2.05, 4.69) is 22.5 Å². The van der Waals surface area contributed by atoms with E-state index in [1.54, 1.807) is 19.0 Å². The van der Waals surface area contributed by atoms with Crippen molar-refractivity contribution < 1.29 is 9.53 Å². The average Bonchev–Trinajstić information content (AvgIpc) is 2.55. The van der Waals surface area contributed by atoms with E-state index in [0.29, 0.717) is 12.1 Å². The second-order valence-corrected chi connectivity index (χ2v) is 6.75. The van der Waals surface area contributed by atoms with E-state index in [9.17, 15) is 4.79 Å². The Morgan fingerprint density at radius 3 is 2.42 bits per heavy atom. The zero-order valence-corrected chi connectivity index (χ0v) is 15.1. The summed E-state index contributed by atoms with van der Waals surface area (Å²) in [5, 5.41) is 6.63. The second kappa shape index (κ2) is 8.15. The first-order chi connectivity index (χ1) is 11.4. The molecule has 6 nitrogen and oxygen atoms in total. The summed E-state index contributed by atoms with van der Waals surface area (Å²) in [4.78, 5) is 18.1. The molecule has 1 heterocycles. The van der Waals surface area contributed by atoms with Crippen LogP contribution in [0, 0.1) is 5.41 Å². The molecule has 0 aromatic heterocycles. The van der Waals surface area contributed by atoms with E-state index < -0.39 is 0 Å². The number of ether oxygens (including phenoxy) is 1. The van der Waals surface area contributed by atoms with Crippen molar-refractivity contribution in [2.45, 2.75) is 20.4 Å². The van der Waals surface area contributed by atoms with Crippen molar-refractivity contribution in [2.24, 2.45) is 10.4 Å². The Morgan fingerprint density at radius 1 is 1.25 bits per heavy atom. The molecule has 1 aromatic rings. The van der Waals surface area contributed by atoms with Crippen molar-refractivity contribution >= 4 is 11.9 Å². The van der Waals surface area contributed by atoms with Gasteiger partial charge in [0.15, 0.2) is 5.96 Å². The number of carbonyl (C=O) groups excluding carboxylic acids is 1. The van der Waals surface area contributed by atoms with Gasteiger partial charge in [0.1, 0.15) is 0 Å². The number of nitrogens with one attached hydrogen (secondary N) is 2. The van der Waals surface area contributed by atoms with E-state index in [1.165, 1.54) is 0 Å². The number of nitrogens with zero attached hydrogens (tertiary/aromatic N) is 2. The summed E-state index contributed by atoms with van der Waals surface area (Å²) < 4.78 is 5.28. The van der Waals surface area contributed by atoms with E-state index in [-0.39, 0.29) is 11.3 Å². The smallest absolute Gasteiger partial charge is 0.253 e. The van der Waals surface area contributed by atoms with Gasteiger partial charge >= 0.3 is 0 Å². The van der Waals surface area contributed by atoms with Gasteiger partial charge in [-0.1, -0.05) is 19.1 Å². The molecule has 0 aliphatic carbocycles. The van der Waals surface area contributed by atoms with Crippen LogP contribution in [0.5, 0.6) is 0 Å². The SMILES string of the molecule is CCNC(=NCc1ccc(C(=O)N(C)C)cc1)NCC1(C)COC1. The number of hydrogen-bond acceptors (Lipinski definition) is 3. The van der Waals surface area contributed by atoms with Gasteiger partial charge in [0.05, 0.1) is 19.8 Å². The summed E-state index contributed by atoms with van der Waals surface area (Å²) in [6, 6.07) is 7.59. The molecule has 0 saturated carbocycles. The van der Waals surface area contributed by atoms with Gasteiger partial charge in [-0.25, -0.2) is 4.99 Å². The molecular formula is C18H28N4O2. The maximum atomic E-state index is 11.9. The molecule has 1 amide bonds. The maximum Gasteiger partial charge on any atom is 0.253 e. The molecule has 0 bridgehead atoms. The summed E-state index contributed by atoms with van der Waals surface area (Å²) >= 11 is 0. The molecule has 0 spiro atoms. The molecule has 0 unspecified atom stereocenters. The highest BCUT2D eigenvalue weighted by molar-refractivity contribution is 5.93. The van der Waals surface area contributed by atoms with Gasteiger partial charge in [-0.05, 0) is 24.6 Å². The first kappa shape index (κ1) is 18.3. The van der Waals surface area contributed by atoms with E-state index in [1.807, 2.05) is 31.2 Å². The Morgan fingerprint density at radius 2 is 1.92 bits per heavy atom. The Hall–Kier alpha value is -2.08. The highest BCUT2D eigenvalue weighted by Gasteiger charge is 2.33. The van der Waals surface area contributed by atoms with Gasteiger partial charge in [-0.2, -0.15) is 0 Å². The number of rotatable bonds is 6. The Kier molecular flexibility index (Phi) is 6.20. The summed E-state index contributed by atoms with van der Waals surface area (Å²) in [6.45, 7) is 8.06. The van der Waals surface area contributed by atoms with Crippen LogP contribution < -0.4 is 10.6 Å². The van der Waals surface area contributed by atoms with E-state index >= 15 is 0 Å². The third kappa shape index (κ3) is 4.96. The van der Waals surface area contributed by atoms with Crippen LogP contribution in [0.25, 0.3) is 0 Å². The molecule has 1 saturated heterocycles. The van der Waals surface area contributed by atoms with Gasteiger partial charge < -0.3 is 20.3 Å². The highest BCUT2D eigenvalue weighted by Crippen LogP contribution is 2.24. The molecule has 2 rings (SSSR count). The Labute approximate surface area is 144 Å². The normalized spacial score (nSPS) is 16.2. The minimum Gasteiger partial charge on any atom is -0.380 e. The van der Waals surface area contributed by atoms with Crippen LogP contribution >= 0.6 is 0 Å². The van der Waals surface area contributed by atoms with Crippen LogP contribution in [0.3, 0.4) is 0 Å². The van der Waals surface area contributed by atoms with Crippen LogP contribution in [0.4, 0.5) is 0 Å². The lowest BCUT2D eigenvalue weighted by molar-refractivity contribution is -0.0971. The molecule has 1 aliphatic rings. The molecular weight excluding hydrogens is 304 g/mol. The lowest BCUT2D eigenvalue weighted by Crippen LogP contribution is -2.51. The highest BCUT2D eigenvalue weighted by atomic mass is 16.5. The number of carbonyl (C=O) groups is 1. The number of benzene rings is 1. The standard InChI is InChI=1S/C18H28N4O2/c1-5-19-17(21-11-18(2)12-24-13-18)20-10-14-6-8-15(9-7-14)16(23)22(3)4/h6-9H,5,10-13H2,1-4H3,(H2,19,20,21). The Bertz CT molecular complexity index is 577. The molecule has 6 heteroatoms. The minimum atomic E-state index is 0.0102. The average molecular weight is 332 g/mol. The lowest BCUT2D eigenvalue weighted by Gasteiger charge is -2.38. The second-order valence-electron chi connectivity index (χ2n) is 6.75. The number of aliphatic imine (C=N–C) groups is 1. The molecule has 2 N–H and O–H groups in total. The van der Waals surface area contributed by atoms with Crippen LogP contribution in [-0.2, 0) is 11.3 Å². The first-order valence-corrected chi connectivity index (χ1v) is 8.34. The fourth-order valence-corrected chi connectivity index (χ4v) is 2.37. The molecule has 24 heavy (non-hydrogen) atoms. The number of hydrogen-bond donors (Lipinski definition) is 2. The predicted molar refractivity (Wildman–Crippen MR) is 96.2 cm³/mol. The quantitative estimate of drug-likeness (QED) is 0.612. The molecule has 0 radical (unpaired) electrons. The zero-order valence-electron chi connectivity index (χ0n) is 15.1. The van der Waals surface area contributed by atoms with Crippen molar-refractivity contribution in [3.63, 3.8) is 0 Å². The number of amides is 1. The molecule has 1 aromatic carbocycles. The van der Waals surface area contributed by atoms with E-state index in [0.717, 1.165) is 37.8 Å². The van der Waals surface area contributed by atoms with Crippen molar-refractivity contribution in [2.75, 3.05) is 40.4 Å². The molecule has 0 atom stereocenters. The topological polar surface area (TPSA) is 66.0 Å². The molecule has 1 aliphatic heterocycles. The third-order valence-corrected chi connectivity index (χ3v) is 3.95. The van der Waals surface area contributed by atoms with Crippen LogP contribution in [0.1, 0.15) is 29.8 Å². The predicted octanol–water partition coefficient (Wildman–Crippen LogP) is 1.48. The van der Waals surface area contributed by atoms with Crippen LogP contribution in [-0.4, -0.2) is 57.2 Å².